The highest BCUT2D eigenvalue weighted by Gasteiger charge is 2.40. The number of aromatic nitrogens is 3. The van der Waals surface area contributed by atoms with Gasteiger partial charge in [-0.3, -0.25) is 12.5 Å². The zero-order valence-corrected chi connectivity index (χ0v) is 77.1. The van der Waals surface area contributed by atoms with Crippen LogP contribution < -0.4 is 44.9 Å². The molecule has 4 N–H and O–H groups in total. The van der Waals surface area contributed by atoms with Crippen molar-refractivity contribution >= 4 is 106 Å². The molecule has 3 aromatic heterocycles. The van der Waals surface area contributed by atoms with Crippen LogP contribution in [0.1, 0.15) is 56.7 Å². The molecule has 1 aliphatic rings. The molecule has 0 spiro atoms. The van der Waals surface area contributed by atoms with E-state index in [2.05, 4.69) is 102 Å². The van der Waals surface area contributed by atoms with Gasteiger partial charge in [0.15, 0.2) is 14.6 Å². The number of aliphatic hydroxyl groups is 1. The number of fused-ring (bicyclic) bond motifs is 3. The van der Waals surface area contributed by atoms with Gasteiger partial charge in [0.05, 0.1) is 85.2 Å². The minimum atomic E-state index is -3.98. The Labute approximate surface area is 731 Å². The molecule has 658 valence electrons. The van der Waals surface area contributed by atoms with Crippen molar-refractivity contribution in [1.29, 1.82) is 0 Å². The van der Waals surface area contributed by atoms with Crippen LogP contribution in [0, 0.1) is 20.8 Å². The molecule has 0 amide bonds. The summed E-state index contributed by atoms with van der Waals surface area (Å²) in [6.07, 6.45) is -0.242. The standard InChI is InChI=1S/C34H45N3O5SSi.C33H39N3O6S.C28H31N3O5S/c1-24-10-15-29(16-11-24)43(38,39)41-23-28(42-44(8,9)34(2,3)4)22-40-33-21-26(13-18-32(33)35-5)30-17-12-25-20-27(37(6)7)14-19-31(25)36-30;1-23-8-13-28(14-9-23)43(37,38)41-22-27(42-33-7-5-6-18-39-33)21-40-32-20-25(11-16-31(32)34-2)29-15-10-24-19-26(36(3)4)12-17-30(24)35-29;1-19-5-10-24(11-6-19)37(33,34)36-18-23(32)17-35-28-16-21(8-13-27(28)29-2)25-12-7-20-15-22(31(3)4)9-14-26(20)30-25/h10-21,28,35H,22-23H2,1-9H3;8-17,19-20,27,33-34H,5-7,18,21-22H2,1-4H3;5-16,23,29,32H,17-18H2,1-4H3. The minimum Gasteiger partial charge on any atom is -0.489 e. The van der Waals surface area contributed by atoms with Crippen LogP contribution in [0.2, 0.25) is 18.1 Å². The molecule has 1 aliphatic heterocycles. The molecule has 4 atom stereocenters. The van der Waals surface area contributed by atoms with Crippen LogP contribution in [0.5, 0.6) is 17.2 Å². The fourth-order valence-corrected chi connectivity index (χ4v) is 17.1. The second kappa shape index (κ2) is 41.8. The summed E-state index contributed by atoms with van der Waals surface area (Å²) in [5.41, 5.74) is 16.2. The fourth-order valence-electron chi connectivity index (χ4n) is 13.0. The molecule has 13 rings (SSSR count). The van der Waals surface area contributed by atoms with E-state index in [1.807, 2.05) is 185 Å². The van der Waals surface area contributed by atoms with Crippen LogP contribution in [0.3, 0.4) is 0 Å². The SMILES string of the molecule is CNc1ccc(-c2ccc3cc(N(C)C)ccc3n2)cc1OCC(COS(=O)(=O)c1ccc(C)cc1)OC1CCCCO1.CNc1ccc(-c2ccc3cc(N(C)C)ccc3n2)cc1OCC(COS(=O)(=O)c1ccc(C)cc1)O[Si](C)(C)C(C)(C)C.CNc1ccc(-c2ccc3cc(N(C)C)ccc3n2)cc1OCC(O)COS(=O)(=O)c1ccc(C)cc1. The average Bonchev–Trinajstić information content (AvgIpc) is 0.811. The minimum absolute atomic E-state index is 0.0391. The maximum Gasteiger partial charge on any atom is 0.297 e. The van der Waals surface area contributed by atoms with Crippen LogP contribution in [0.4, 0.5) is 34.1 Å². The average molecular weight is 1760 g/mol. The van der Waals surface area contributed by atoms with Gasteiger partial charge in [-0.15, -0.1) is 0 Å². The predicted octanol–water partition coefficient (Wildman–Crippen LogP) is 18.0. The van der Waals surface area contributed by atoms with E-state index in [1.165, 1.54) is 24.3 Å². The Morgan fingerprint density at radius 1 is 0.427 bits per heavy atom. The van der Waals surface area contributed by atoms with E-state index in [0.29, 0.717) is 23.9 Å². The molecule has 0 saturated carbocycles. The molecule has 25 nitrogen and oxygen atoms in total. The predicted molar refractivity (Wildman–Crippen MR) is 499 cm³/mol. The molecule has 0 aliphatic carbocycles. The Morgan fingerprint density at radius 2 is 0.766 bits per heavy atom. The summed E-state index contributed by atoms with van der Waals surface area (Å²) in [6, 6.07) is 67.5. The second-order valence-corrected chi connectivity index (χ2v) is 42.2. The number of hydrogen-bond donors (Lipinski definition) is 4. The van der Waals surface area contributed by atoms with Crippen LogP contribution in [0.15, 0.2) is 233 Å². The van der Waals surface area contributed by atoms with E-state index in [0.717, 1.165) is 137 Å². The Hall–Kier alpha value is -10.8. The molecule has 4 heterocycles. The van der Waals surface area contributed by atoms with Crippen molar-refractivity contribution in [3.8, 4) is 51.0 Å². The van der Waals surface area contributed by atoms with Gasteiger partial charge in [-0.05, 0) is 204 Å². The van der Waals surface area contributed by atoms with Gasteiger partial charge >= 0.3 is 0 Å². The third-order valence-corrected chi connectivity index (χ3v) is 29.8. The molecule has 1 fully saturated rings. The number of pyridine rings is 3. The summed E-state index contributed by atoms with van der Waals surface area (Å²) in [5.74, 6) is 1.70. The van der Waals surface area contributed by atoms with Crippen molar-refractivity contribution < 1.29 is 71.0 Å². The molecule has 0 radical (unpaired) electrons. The maximum atomic E-state index is 13.0. The van der Waals surface area contributed by atoms with Gasteiger partial charge in [-0.25, -0.2) is 15.0 Å². The quantitative estimate of drug-likeness (QED) is 0.0215. The number of nitrogens with one attached hydrogen (secondary N) is 3. The molecule has 29 heteroatoms. The summed E-state index contributed by atoms with van der Waals surface area (Å²) in [4.78, 5) is 21.0. The number of aliphatic hydroxyl groups excluding tert-OH is 1. The number of hydrogen-bond acceptors (Lipinski definition) is 25. The van der Waals surface area contributed by atoms with Crippen LogP contribution in [-0.2, 0) is 56.8 Å². The summed E-state index contributed by atoms with van der Waals surface area (Å²) in [7, 11) is 3.27. The molecular weight excluding hydrogens is 1650 g/mol. The molecule has 12 aromatic rings. The highest BCUT2D eigenvalue weighted by atomic mass is 32.2. The fraction of sp³-hybridized carbons (Fsp3) is 0.337. The summed E-state index contributed by atoms with van der Waals surface area (Å²) < 4.78 is 130. The van der Waals surface area contributed by atoms with E-state index >= 15 is 0 Å². The zero-order chi connectivity index (χ0) is 89.3. The van der Waals surface area contributed by atoms with Crippen molar-refractivity contribution in [1.82, 2.24) is 15.0 Å². The molecule has 4 unspecified atom stereocenters. The number of rotatable bonds is 34. The second-order valence-electron chi connectivity index (χ2n) is 32.6. The summed E-state index contributed by atoms with van der Waals surface area (Å²) in [5, 5.41) is 22.8. The molecule has 0 bridgehead atoms. The van der Waals surface area contributed by atoms with Crippen molar-refractivity contribution in [2.24, 2.45) is 0 Å². The molecule has 9 aromatic carbocycles. The number of aryl methyl sites for hydroxylation is 3. The lowest BCUT2D eigenvalue weighted by Crippen LogP contribution is -2.47. The van der Waals surface area contributed by atoms with E-state index in [9.17, 15) is 30.4 Å². The first-order valence-electron chi connectivity index (χ1n) is 41.1. The zero-order valence-electron chi connectivity index (χ0n) is 73.6. The Kier molecular flexibility index (Phi) is 31.6. The van der Waals surface area contributed by atoms with Gasteiger partial charge in [0, 0.05) is 120 Å². The van der Waals surface area contributed by atoms with Gasteiger partial charge in [0.25, 0.3) is 30.4 Å². The van der Waals surface area contributed by atoms with E-state index < -0.39 is 69.9 Å². The first-order chi connectivity index (χ1) is 59.0. The number of benzene rings is 9. The van der Waals surface area contributed by atoms with Crippen molar-refractivity contribution in [2.45, 2.75) is 118 Å². The number of ether oxygens (including phenoxy) is 5. The maximum absolute atomic E-state index is 13.0. The lowest BCUT2D eigenvalue weighted by Gasteiger charge is -2.39. The Morgan fingerprint density at radius 3 is 1.10 bits per heavy atom. The third kappa shape index (κ3) is 25.3. The van der Waals surface area contributed by atoms with Crippen molar-refractivity contribution in [3.63, 3.8) is 0 Å². The summed E-state index contributed by atoms with van der Waals surface area (Å²) in [6.45, 7) is 16.1. The molecular formula is C95H115N9O16S3Si. The van der Waals surface area contributed by atoms with Gasteiger partial charge in [-0.2, -0.15) is 25.3 Å². The van der Waals surface area contributed by atoms with E-state index in [-0.39, 0.29) is 52.8 Å². The first-order valence-corrected chi connectivity index (χ1v) is 48.2. The smallest absolute Gasteiger partial charge is 0.297 e. The summed E-state index contributed by atoms with van der Waals surface area (Å²) >= 11 is 0. The van der Waals surface area contributed by atoms with Crippen LogP contribution >= 0.6 is 0 Å². The van der Waals surface area contributed by atoms with Crippen LogP contribution in [-0.4, -0.2) is 188 Å². The Balaban J connectivity index is 0.000000182. The van der Waals surface area contributed by atoms with Crippen molar-refractivity contribution in [3.05, 3.63) is 235 Å². The number of anilines is 6. The molecule has 1 saturated heterocycles. The lowest BCUT2D eigenvalue weighted by atomic mass is 10.1. The highest BCUT2D eigenvalue weighted by Crippen LogP contribution is 2.40. The topological polar surface area (TPSA) is 290 Å². The number of nitrogens with zero attached hydrogens (tertiary/aromatic N) is 6. The lowest BCUT2D eigenvalue weighted by molar-refractivity contribution is -0.198. The first kappa shape index (κ1) is 93.9. The van der Waals surface area contributed by atoms with Gasteiger partial charge in [-0.1, -0.05) is 110 Å². The van der Waals surface area contributed by atoms with Gasteiger partial charge in [0.1, 0.15) is 55.4 Å². The largest absolute Gasteiger partial charge is 0.489 e. The normalized spacial score (nSPS) is 13.9. The monoisotopic (exact) mass is 1760 g/mol. The Bertz CT molecular complexity index is 5980. The van der Waals surface area contributed by atoms with E-state index in [1.54, 1.807) is 55.6 Å². The van der Waals surface area contributed by atoms with Crippen molar-refractivity contribution in [2.75, 3.05) is 140 Å². The van der Waals surface area contributed by atoms with Gasteiger partial charge < -0.3 is 63.9 Å². The molecule has 124 heavy (non-hydrogen) atoms. The van der Waals surface area contributed by atoms with E-state index in [4.69, 9.17) is 55.6 Å². The highest BCUT2D eigenvalue weighted by molar-refractivity contribution is 7.87. The van der Waals surface area contributed by atoms with Crippen LogP contribution in [0.25, 0.3) is 66.5 Å². The third-order valence-electron chi connectivity index (χ3n) is 21.4. The van der Waals surface area contributed by atoms with Gasteiger partial charge in [0.2, 0.25) is 0 Å².